The zero-order valence-electron chi connectivity index (χ0n) is 8.99. The van der Waals surface area contributed by atoms with E-state index in [1.54, 1.807) is 0 Å². The van der Waals surface area contributed by atoms with E-state index in [0.717, 1.165) is 12.1 Å². The van der Waals surface area contributed by atoms with E-state index in [1.165, 1.54) is 4.90 Å². The first-order valence-electron chi connectivity index (χ1n) is 5.07. The normalized spacial score (nSPS) is 19.4. The highest BCUT2D eigenvalue weighted by molar-refractivity contribution is 9.10. The lowest BCUT2D eigenvalue weighted by Crippen LogP contribution is -2.26. The third-order valence-corrected chi connectivity index (χ3v) is 3.54. The molecular weight excluding hydrogens is 328 g/mol. The van der Waals surface area contributed by atoms with Gasteiger partial charge in [-0.05, 0) is 28.1 Å². The molecule has 7 heteroatoms. The predicted molar refractivity (Wildman–Crippen MR) is 67.7 cm³/mol. The summed E-state index contributed by atoms with van der Waals surface area (Å²) < 4.78 is 13.5. The Bertz CT molecular complexity index is 537. The van der Waals surface area contributed by atoms with Crippen molar-refractivity contribution >= 4 is 45.1 Å². The van der Waals surface area contributed by atoms with E-state index in [4.69, 9.17) is 16.7 Å². The minimum Gasteiger partial charge on any atom is -0.478 e. The maximum absolute atomic E-state index is 13.5. The van der Waals surface area contributed by atoms with Gasteiger partial charge in [-0.15, -0.1) is 11.6 Å². The number of benzene rings is 1. The van der Waals surface area contributed by atoms with Crippen LogP contribution in [0.1, 0.15) is 16.8 Å². The topological polar surface area (TPSA) is 57.6 Å². The molecule has 1 aliphatic heterocycles. The molecule has 1 fully saturated rings. The molecule has 1 unspecified atom stereocenters. The van der Waals surface area contributed by atoms with E-state index in [0.29, 0.717) is 0 Å². The number of carbonyl (C=O) groups excluding carboxylic acids is 1. The number of hydrogen-bond donors (Lipinski definition) is 1. The summed E-state index contributed by atoms with van der Waals surface area (Å²) in [6, 6.07) is 2.17. The molecule has 0 aliphatic carbocycles. The summed E-state index contributed by atoms with van der Waals surface area (Å²) in [5, 5.41) is 8.70. The second-order valence-corrected chi connectivity index (χ2v) is 5.37. The molecule has 1 saturated heterocycles. The second-order valence-electron chi connectivity index (χ2n) is 3.89. The summed E-state index contributed by atoms with van der Waals surface area (Å²) in [5.41, 5.74) is -0.0984. The van der Waals surface area contributed by atoms with Gasteiger partial charge in [0.1, 0.15) is 5.82 Å². The quantitative estimate of drug-likeness (QED) is 0.845. The highest BCUT2D eigenvalue weighted by Crippen LogP contribution is 2.31. The van der Waals surface area contributed by atoms with E-state index in [1.807, 2.05) is 0 Å². The Balaban J connectivity index is 2.52. The van der Waals surface area contributed by atoms with Crippen LogP contribution < -0.4 is 4.90 Å². The van der Waals surface area contributed by atoms with Crippen molar-refractivity contribution in [1.29, 1.82) is 0 Å². The van der Waals surface area contributed by atoms with Crippen LogP contribution in [0, 0.1) is 5.82 Å². The van der Waals surface area contributed by atoms with Crippen molar-refractivity contribution in [2.24, 2.45) is 0 Å². The van der Waals surface area contributed by atoms with Crippen molar-refractivity contribution in [3.05, 3.63) is 28.0 Å². The van der Waals surface area contributed by atoms with Gasteiger partial charge < -0.3 is 10.0 Å². The predicted octanol–water partition coefficient (Wildman–Crippen LogP) is 2.63. The fourth-order valence-corrected chi connectivity index (χ4v) is 2.44. The van der Waals surface area contributed by atoms with Crippen LogP contribution in [-0.4, -0.2) is 28.9 Å². The Morgan fingerprint density at radius 2 is 2.22 bits per heavy atom. The van der Waals surface area contributed by atoms with Crippen LogP contribution in [0.5, 0.6) is 0 Å². The van der Waals surface area contributed by atoms with Crippen molar-refractivity contribution in [3.63, 3.8) is 0 Å². The molecule has 1 aromatic carbocycles. The summed E-state index contributed by atoms with van der Waals surface area (Å²) in [5.74, 6) is -2.16. The number of alkyl halides is 1. The lowest BCUT2D eigenvalue weighted by molar-refractivity contribution is -0.117. The zero-order chi connectivity index (χ0) is 13.4. The molecule has 18 heavy (non-hydrogen) atoms. The molecule has 0 bridgehead atoms. The Kier molecular flexibility index (Phi) is 3.59. The van der Waals surface area contributed by atoms with Crippen molar-refractivity contribution in [3.8, 4) is 0 Å². The van der Waals surface area contributed by atoms with Gasteiger partial charge in [0.15, 0.2) is 0 Å². The number of nitrogens with zero attached hydrogens (tertiary/aromatic N) is 1. The van der Waals surface area contributed by atoms with Crippen molar-refractivity contribution in [1.82, 2.24) is 0 Å². The molecule has 1 N–H and O–H groups in total. The molecule has 1 aromatic rings. The number of halogens is 3. The Morgan fingerprint density at radius 3 is 2.72 bits per heavy atom. The van der Waals surface area contributed by atoms with Crippen molar-refractivity contribution < 1.29 is 19.1 Å². The molecule has 0 radical (unpaired) electrons. The number of carboxylic acids is 1. The summed E-state index contributed by atoms with van der Waals surface area (Å²) in [7, 11) is 0. The molecule has 2 rings (SSSR count). The highest BCUT2D eigenvalue weighted by Gasteiger charge is 2.32. The van der Waals surface area contributed by atoms with E-state index < -0.39 is 11.8 Å². The fraction of sp³-hybridized carbons (Fsp3) is 0.273. The van der Waals surface area contributed by atoms with E-state index in [-0.39, 0.29) is 40.0 Å². The largest absolute Gasteiger partial charge is 0.478 e. The van der Waals surface area contributed by atoms with Crippen molar-refractivity contribution in [2.45, 2.75) is 11.8 Å². The number of carboxylic acid groups (broad SMARTS) is 1. The molecule has 0 spiro atoms. The monoisotopic (exact) mass is 335 g/mol. The maximum Gasteiger partial charge on any atom is 0.337 e. The minimum atomic E-state index is -1.23. The first kappa shape index (κ1) is 13.3. The van der Waals surface area contributed by atoms with Crippen LogP contribution >= 0.6 is 27.5 Å². The van der Waals surface area contributed by atoms with Gasteiger partial charge in [0, 0.05) is 13.0 Å². The van der Waals surface area contributed by atoms with Crippen LogP contribution in [0.3, 0.4) is 0 Å². The number of rotatable bonds is 2. The molecule has 4 nitrogen and oxygen atoms in total. The zero-order valence-corrected chi connectivity index (χ0v) is 11.3. The molecule has 1 atom stereocenters. The third kappa shape index (κ3) is 2.35. The average molecular weight is 337 g/mol. The van der Waals surface area contributed by atoms with Crippen LogP contribution in [-0.2, 0) is 4.79 Å². The van der Waals surface area contributed by atoms with Gasteiger partial charge in [0.05, 0.1) is 21.1 Å². The van der Waals surface area contributed by atoms with Gasteiger partial charge in [0.2, 0.25) is 5.91 Å². The molecular formula is C11H8BrClFNO3. The van der Waals surface area contributed by atoms with Crippen LogP contribution in [0.15, 0.2) is 16.6 Å². The molecule has 96 valence electrons. The fourth-order valence-electron chi connectivity index (χ4n) is 1.83. The Labute approximate surface area is 115 Å². The van der Waals surface area contributed by atoms with Gasteiger partial charge in [-0.3, -0.25) is 4.79 Å². The highest BCUT2D eigenvalue weighted by atomic mass is 79.9. The van der Waals surface area contributed by atoms with E-state index in [2.05, 4.69) is 15.9 Å². The summed E-state index contributed by atoms with van der Waals surface area (Å²) >= 11 is 8.76. The van der Waals surface area contributed by atoms with E-state index >= 15 is 0 Å². The number of hydrogen-bond acceptors (Lipinski definition) is 2. The number of aromatic carboxylic acids is 1. The van der Waals surface area contributed by atoms with Gasteiger partial charge in [-0.25, -0.2) is 9.18 Å². The maximum atomic E-state index is 13.5. The molecule has 1 aliphatic rings. The first-order valence-corrected chi connectivity index (χ1v) is 6.30. The number of amides is 1. The van der Waals surface area contributed by atoms with Gasteiger partial charge in [-0.2, -0.15) is 0 Å². The summed E-state index contributed by atoms with van der Waals surface area (Å²) in [6.07, 6.45) is 0.123. The van der Waals surface area contributed by atoms with Crippen LogP contribution in [0.25, 0.3) is 0 Å². The lowest BCUT2D eigenvalue weighted by Gasteiger charge is -2.18. The van der Waals surface area contributed by atoms with Crippen LogP contribution in [0.4, 0.5) is 10.1 Å². The van der Waals surface area contributed by atoms with Gasteiger partial charge in [-0.1, -0.05) is 0 Å². The second kappa shape index (κ2) is 4.85. The Hall–Kier alpha value is -1.14. The number of anilines is 1. The molecule has 0 aromatic heterocycles. The van der Waals surface area contributed by atoms with Crippen molar-refractivity contribution in [2.75, 3.05) is 11.4 Å². The van der Waals surface area contributed by atoms with Crippen LogP contribution in [0.2, 0.25) is 0 Å². The first-order chi connectivity index (χ1) is 8.40. The van der Waals surface area contributed by atoms with Gasteiger partial charge >= 0.3 is 5.97 Å². The molecule has 1 heterocycles. The smallest absolute Gasteiger partial charge is 0.337 e. The minimum absolute atomic E-state index is 0.0383. The third-order valence-electron chi connectivity index (χ3n) is 2.64. The summed E-state index contributed by atoms with van der Waals surface area (Å²) in [6.45, 7) is 0.182. The molecule has 0 saturated carbocycles. The number of carbonyl (C=O) groups is 2. The van der Waals surface area contributed by atoms with E-state index in [9.17, 15) is 14.0 Å². The molecule has 1 amide bonds. The lowest BCUT2D eigenvalue weighted by atomic mass is 10.1. The average Bonchev–Trinajstić information content (AvgIpc) is 2.61. The Morgan fingerprint density at radius 1 is 1.56 bits per heavy atom. The standard InChI is InChI=1S/C11H8BrClFNO3/c12-7-2-6(11(17)18)9(3-8(7)14)15-4-5(13)1-10(15)16/h2-3,5H,1,4H2,(H,17,18). The van der Waals surface area contributed by atoms with Gasteiger partial charge in [0.25, 0.3) is 0 Å². The summed E-state index contributed by atoms with van der Waals surface area (Å²) in [4.78, 5) is 24.0. The SMILES string of the molecule is O=C(O)c1cc(Br)c(F)cc1N1CC(Cl)CC1=O.